The van der Waals surface area contributed by atoms with Gasteiger partial charge in [0.25, 0.3) is 0 Å². The van der Waals surface area contributed by atoms with E-state index < -0.39 is 25.8 Å². The molecule has 1 aliphatic heterocycles. The van der Waals surface area contributed by atoms with Crippen molar-refractivity contribution in [2.45, 2.75) is 45.0 Å². The minimum Gasteiger partial charge on any atom is -0.466 e. The highest BCUT2D eigenvalue weighted by atomic mass is 28.3. The Hall–Kier alpha value is -2.40. The van der Waals surface area contributed by atoms with Gasteiger partial charge in [-0.25, -0.2) is 14.8 Å². The van der Waals surface area contributed by atoms with Crippen molar-refractivity contribution in [3.8, 4) is 0 Å². The van der Waals surface area contributed by atoms with E-state index in [2.05, 4.69) is 29.6 Å². The van der Waals surface area contributed by atoms with Crippen LogP contribution in [0.15, 0.2) is 24.2 Å². The number of aromatic nitrogens is 3. The first-order valence-corrected chi connectivity index (χ1v) is 13.7. The third-order valence-electron chi connectivity index (χ3n) is 5.11. The lowest BCUT2D eigenvalue weighted by molar-refractivity contribution is -0.137. The van der Waals surface area contributed by atoms with Gasteiger partial charge >= 0.3 is 12.1 Å². The number of methoxy groups -OCH3 is 1. The van der Waals surface area contributed by atoms with Gasteiger partial charge in [0, 0.05) is 39.5 Å². The van der Waals surface area contributed by atoms with Crippen molar-refractivity contribution in [2.75, 3.05) is 31.7 Å². The molecule has 2 aromatic rings. The van der Waals surface area contributed by atoms with Gasteiger partial charge in [-0.1, -0.05) is 25.7 Å². The monoisotopic (exact) mass is 456 g/mol. The molecule has 0 saturated heterocycles. The van der Waals surface area contributed by atoms with Crippen LogP contribution in [0, 0.1) is 0 Å². The molecule has 0 atom stereocenters. The lowest BCUT2D eigenvalue weighted by Crippen LogP contribution is -2.31. The number of anilines is 1. The van der Waals surface area contributed by atoms with Gasteiger partial charge < -0.3 is 18.9 Å². The van der Waals surface area contributed by atoms with E-state index in [1.54, 1.807) is 11.0 Å². The van der Waals surface area contributed by atoms with Crippen LogP contribution < -0.4 is 4.90 Å². The van der Waals surface area contributed by atoms with Crippen molar-refractivity contribution in [1.29, 1.82) is 0 Å². The average molecular weight is 457 g/mol. The second kappa shape index (κ2) is 8.99. The zero-order valence-corrected chi connectivity index (χ0v) is 19.1. The van der Waals surface area contributed by atoms with Crippen molar-refractivity contribution in [3.05, 3.63) is 29.7 Å². The molecule has 0 radical (unpaired) electrons. The highest BCUT2D eigenvalue weighted by Crippen LogP contribution is 2.37. The predicted molar refractivity (Wildman–Crippen MR) is 114 cm³/mol. The Morgan fingerprint density at radius 1 is 1.26 bits per heavy atom. The summed E-state index contributed by atoms with van der Waals surface area (Å²) in [6.07, 6.45) is -0.245. The summed E-state index contributed by atoms with van der Waals surface area (Å²) in [5.74, 6) is -0.0473. The van der Waals surface area contributed by atoms with Crippen LogP contribution in [0.25, 0.3) is 11.0 Å². The SMILES string of the molecule is COC(=O)C1=CCN(c2ncc(C(F)(F)F)c3c2ncn3COCC[Si](C)(C)C)CC1. The quantitative estimate of drug-likeness (QED) is 0.355. The lowest BCUT2D eigenvalue weighted by Gasteiger charge is -2.27. The number of halogens is 3. The highest BCUT2D eigenvalue weighted by molar-refractivity contribution is 6.76. The fraction of sp³-hybridized carbons (Fsp3) is 0.550. The number of imidazole rings is 1. The average Bonchev–Trinajstić information content (AvgIpc) is 3.12. The molecule has 0 bridgehead atoms. The van der Waals surface area contributed by atoms with Crippen molar-refractivity contribution in [1.82, 2.24) is 14.5 Å². The van der Waals surface area contributed by atoms with Crippen LogP contribution in [0.2, 0.25) is 25.7 Å². The van der Waals surface area contributed by atoms with E-state index in [1.165, 1.54) is 18.0 Å². The number of nitrogens with zero attached hydrogens (tertiary/aromatic N) is 4. The first kappa shape index (κ1) is 23.3. The Labute approximate surface area is 179 Å². The van der Waals surface area contributed by atoms with Crippen LogP contribution in [0.3, 0.4) is 0 Å². The molecular formula is C20H27F3N4O3Si. The fourth-order valence-corrected chi connectivity index (χ4v) is 4.09. The largest absolute Gasteiger partial charge is 0.466 e. The molecule has 0 spiro atoms. The number of pyridine rings is 1. The maximum Gasteiger partial charge on any atom is 0.419 e. The fourth-order valence-electron chi connectivity index (χ4n) is 3.33. The maximum absolute atomic E-state index is 13.7. The highest BCUT2D eigenvalue weighted by Gasteiger charge is 2.36. The molecule has 0 unspecified atom stereocenters. The molecule has 11 heteroatoms. The molecule has 170 valence electrons. The number of carbonyl (C=O) groups excluding carboxylic acids is 1. The second-order valence-corrected chi connectivity index (χ2v) is 14.3. The van der Waals surface area contributed by atoms with E-state index in [9.17, 15) is 18.0 Å². The molecule has 0 saturated carbocycles. The molecule has 3 heterocycles. The molecule has 0 fully saturated rings. The zero-order valence-electron chi connectivity index (χ0n) is 18.1. The number of esters is 1. The first-order chi connectivity index (χ1) is 14.5. The van der Waals surface area contributed by atoms with Crippen LogP contribution in [0.4, 0.5) is 19.0 Å². The predicted octanol–water partition coefficient (Wildman–Crippen LogP) is 4.07. The molecule has 0 aliphatic carbocycles. The van der Waals surface area contributed by atoms with Gasteiger partial charge in [0.2, 0.25) is 0 Å². The number of fused-ring (bicyclic) bond motifs is 1. The molecular weight excluding hydrogens is 429 g/mol. The summed E-state index contributed by atoms with van der Waals surface area (Å²) in [6, 6.07) is 0.918. The smallest absolute Gasteiger partial charge is 0.419 e. The zero-order chi connectivity index (χ0) is 22.8. The van der Waals surface area contributed by atoms with E-state index in [0.29, 0.717) is 37.5 Å². The summed E-state index contributed by atoms with van der Waals surface area (Å²) >= 11 is 0. The normalized spacial score (nSPS) is 15.3. The van der Waals surface area contributed by atoms with Gasteiger partial charge in [0.05, 0.1) is 24.5 Å². The first-order valence-electron chi connectivity index (χ1n) is 10.0. The van der Waals surface area contributed by atoms with Gasteiger partial charge in [-0.3, -0.25) is 0 Å². The lowest BCUT2D eigenvalue weighted by atomic mass is 10.1. The Morgan fingerprint density at radius 3 is 2.58 bits per heavy atom. The molecule has 0 amide bonds. The number of alkyl halides is 3. The standard InChI is InChI=1S/C20H27F3N4O3Si/c1-29-19(28)14-5-7-26(8-6-14)18-16-17(15(11-24-18)20(21,22)23)27(12-25-16)13-30-9-10-31(2,3)4/h5,11-12H,6-10,13H2,1-4H3. The van der Waals surface area contributed by atoms with Crippen LogP contribution in [-0.2, 0) is 27.2 Å². The van der Waals surface area contributed by atoms with E-state index in [-0.39, 0.29) is 17.8 Å². The molecule has 31 heavy (non-hydrogen) atoms. The van der Waals surface area contributed by atoms with Gasteiger partial charge in [-0.2, -0.15) is 13.2 Å². The molecule has 7 nitrogen and oxygen atoms in total. The molecule has 0 aromatic carbocycles. The van der Waals surface area contributed by atoms with Crippen molar-refractivity contribution >= 4 is 30.9 Å². The van der Waals surface area contributed by atoms with E-state index in [0.717, 1.165) is 12.2 Å². The van der Waals surface area contributed by atoms with Gasteiger partial charge in [0.1, 0.15) is 12.2 Å². The third kappa shape index (κ3) is 5.45. The molecule has 3 rings (SSSR count). The number of rotatable bonds is 7. The Morgan fingerprint density at radius 2 is 2.00 bits per heavy atom. The summed E-state index contributed by atoms with van der Waals surface area (Å²) in [6.45, 7) is 7.86. The van der Waals surface area contributed by atoms with E-state index in [1.807, 2.05) is 0 Å². The van der Waals surface area contributed by atoms with E-state index in [4.69, 9.17) is 9.47 Å². The summed E-state index contributed by atoms with van der Waals surface area (Å²) in [5, 5.41) is 0. The molecule has 1 aliphatic rings. The van der Waals surface area contributed by atoms with Gasteiger partial charge in [-0.15, -0.1) is 0 Å². The van der Waals surface area contributed by atoms with Crippen LogP contribution in [0.1, 0.15) is 12.0 Å². The summed E-state index contributed by atoms with van der Waals surface area (Å²) in [7, 11) is 0.00750. The summed E-state index contributed by atoms with van der Waals surface area (Å²) in [5.41, 5.74) is -0.185. The third-order valence-corrected chi connectivity index (χ3v) is 6.81. The Kier molecular flexibility index (Phi) is 6.75. The number of hydrogen-bond donors (Lipinski definition) is 0. The molecule has 2 aromatic heterocycles. The number of hydrogen-bond acceptors (Lipinski definition) is 6. The minimum atomic E-state index is -4.57. The number of ether oxygens (including phenoxy) is 2. The van der Waals surface area contributed by atoms with Crippen LogP contribution in [0.5, 0.6) is 0 Å². The van der Waals surface area contributed by atoms with Crippen molar-refractivity contribution < 1.29 is 27.4 Å². The molecule has 0 N–H and O–H groups in total. The van der Waals surface area contributed by atoms with Gasteiger partial charge in [0.15, 0.2) is 5.82 Å². The van der Waals surface area contributed by atoms with E-state index >= 15 is 0 Å². The Balaban J connectivity index is 1.90. The maximum atomic E-state index is 13.7. The second-order valence-electron chi connectivity index (χ2n) is 8.67. The summed E-state index contributed by atoms with van der Waals surface area (Å²) in [4.78, 5) is 21.8. The Bertz CT molecular complexity index is 982. The van der Waals surface area contributed by atoms with Crippen molar-refractivity contribution in [2.24, 2.45) is 0 Å². The minimum absolute atomic E-state index is 0.0140. The van der Waals surface area contributed by atoms with Crippen LogP contribution >= 0.6 is 0 Å². The topological polar surface area (TPSA) is 69.5 Å². The number of carbonyl (C=O) groups is 1. The van der Waals surface area contributed by atoms with Crippen molar-refractivity contribution in [3.63, 3.8) is 0 Å². The van der Waals surface area contributed by atoms with Crippen LogP contribution in [-0.4, -0.2) is 55.4 Å². The summed E-state index contributed by atoms with van der Waals surface area (Å²) < 4.78 is 52.8. The van der Waals surface area contributed by atoms with Gasteiger partial charge in [-0.05, 0) is 12.5 Å².